The van der Waals surface area contributed by atoms with Gasteiger partial charge in [0.1, 0.15) is 5.69 Å². The van der Waals surface area contributed by atoms with E-state index in [0.29, 0.717) is 12.5 Å². The highest BCUT2D eigenvalue weighted by molar-refractivity contribution is 5.85. The fourth-order valence-corrected chi connectivity index (χ4v) is 2.32. The zero-order chi connectivity index (χ0) is 13.1. The van der Waals surface area contributed by atoms with Gasteiger partial charge in [-0.2, -0.15) is 0 Å². The van der Waals surface area contributed by atoms with Crippen molar-refractivity contribution < 1.29 is 15.0 Å². The molecule has 2 N–H and O–H groups in total. The van der Waals surface area contributed by atoms with Crippen LogP contribution in [0.25, 0.3) is 0 Å². The molecule has 1 saturated carbocycles. The minimum absolute atomic E-state index is 0.0833. The Morgan fingerprint density at radius 1 is 1.50 bits per heavy atom. The van der Waals surface area contributed by atoms with Crippen LogP contribution in [-0.2, 0) is 6.54 Å². The van der Waals surface area contributed by atoms with Crippen molar-refractivity contribution in [1.82, 2.24) is 9.88 Å². The Labute approximate surface area is 106 Å². The summed E-state index contributed by atoms with van der Waals surface area (Å²) in [5.41, 5.74) is 0.845. The molecule has 0 unspecified atom stereocenters. The maximum absolute atomic E-state index is 10.8. The number of aliphatic hydroxyl groups is 1. The molecule has 0 bridgehead atoms. The molecule has 2 rings (SSSR count). The lowest BCUT2D eigenvalue weighted by Crippen LogP contribution is -2.36. The van der Waals surface area contributed by atoms with Gasteiger partial charge in [-0.05, 0) is 37.9 Å². The van der Waals surface area contributed by atoms with Crippen molar-refractivity contribution >= 4 is 5.97 Å². The molecule has 0 atom stereocenters. The van der Waals surface area contributed by atoms with E-state index in [-0.39, 0.29) is 11.8 Å². The maximum atomic E-state index is 10.8. The van der Waals surface area contributed by atoms with Crippen molar-refractivity contribution in [3.63, 3.8) is 0 Å². The molecule has 18 heavy (non-hydrogen) atoms. The van der Waals surface area contributed by atoms with Crippen LogP contribution in [0.3, 0.4) is 0 Å². The third-order valence-corrected chi connectivity index (χ3v) is 3.24. The molecule has 1 aromatic heterocycles. The lowest BCUT2D eigenvalue weighted by atomic mass is 9.82. The first-order valence-electron chi connectivity index (χ1n) is 6.10. The Morgan fingerprint density at radius 3 is 2.83 bits per heavy atom. The SMILES string of the molecule is CN(Cc1cccc(C(=O)O)n1)CC1CC(O)C1. The number of hydrogen-bond donors (Lipinski definition) is 2. The summed E-state index contributed by atoms with van der Waals surface area (Å²) >= 11 is 0. The zero-order valence-electron chi connectivity index (χ0n) is 10.4. The van der Waals surface area contributed by atoms with E-state index in [1.54, 1.807) is 6.07 Å². The van der Waals surface area contributed by atoms with E-state index in [1.165, 1.54) is 6.07 Å². The number of hydrogen-bond acceptors (Lipinski definition) is 4. The number of nitrogens with zero attached hydrogens (tertiary/aromatic N) is 2. The highest BCUT2D eigenvalue weighted by Gasteiger charge is 2.27. The number of rotatable bonds is 5. The highest BCUT2D eigenvalue weighted by atomic mass is 16.4. The van der Waals surface area contributed by atoms with Crippen molar-refractivity contribution in [3.8, 4) is 0 Å². The molecule has 1 heterocycles. The van der Waals surface area contributed by atoms with Gasteiger partial charge in [0.05, 0.1) is 11.8 Å². The molecule has 0 aromatic carbocycles. The van der Waals surface area contributed by atoms with Gasteiger partial charge >= 0.3 is 5.97 Å². The van der Waals surface area contributed by atoms with Gasteiger partial charge < -0.3 is 15.1 Å². The van der Waals surface area contributed by atoms with Gasteiger partial charge in [0, 0.05) is 13.1 Å². The van der Waals surface area contributed by atoms with Crippen LogP contribution >= 0.6 is 0 Å². The number of carbonyl (C=O) groups is 1. The molecule has 0 spiro atoms. The van der Waals surface area contributed by atoms with E-state index in [1.807, 2.05) is 13.1 Å². The van der Waals surface area contributed by atoms with E-state index < -0.39 is 5.97 Å². The predicted octanol–water partition coefficient (Wildman–Crippen LogP) is 0.982. The quantitative estimate of drug-likeness (QED) is 0.815. The molecular weight excluding hydrogens is 232 g/mol. The molecule has 1 fully saturated rings. The summed E-state index contributed by atoms with van der Waals surface area (Å²) in [6.07, 6.45) is 1.61. The van der Waals surface area contributed by atoms with Gasteiger partial charge in [-0.1, -0.05) is 6.07 Å². The van der Waals surface area contributed by atoms with Gasteiger partial charge in [-0.25, -0.2) is 9.78 Å². The largest absolute Gasteiger partial charge is 0.477 e. The Morgan fingerprint density at radius 2 is 2.22 bits per heavy atom. The lowest BCUT2D eigenvalue weighted by Gasteiger charge is -2.34. The van der Waals surface area contributed by atoms with Crippen LogP contribution in [-0.4, -0.2) is 45.8 Å². The predicted molar refractivity (Wildman–Crippen MR) is 66.3 cm³/mol. The topological polar surface area (TPSA) is 73.7 Å². The first-order valence-corrected chi connectivity index (χ1v) is 6.10. The number of carboxylic acid groups (broad SMARTS) is 1. The third kappa shape index (κ3) is 3.27. The second kappa shape index (κ2) is 5.46. The fourth-order valence-electron chi connectivity index (χ4n) is 2.32. The molecule has 0 amide bonds. The van der Waals surface area contributed by atoms with Gasteiger partial charge in [-0.3, -0.25) is 0 Å². The molecule has 0 saturated heterocycles. The zero-order valence-corrected chi connectivity index (χ0v) is 10.4. The summed E-state index contributed by atoms with van der Waals surface area (Å²) in [6.45, 7) is 1.55. The number of aromatic carboxylic acids is 1. The number of carboxylic acids is 1. The molecule has 1 aromatic rings. The van der Waals surface area contributed by atoms with E-state index >= 15 is 0 Å². The first kappa shape index (κ1) is 13.0. The standard InChI is InChI=1S/C13H18N2O3/c1-15(7-9-5-11(16)6-9)8-10-3-2-4-12(14-10)13(17)18/h2-4,9,11,16H,5-8H2,1H3,(H,17,18). The van der Waals surface area contributed by atoms with Crippen LogP contribution in [0.1, 0.15) is 29.0 Å². The molecule has 0 aliphatic heterocycles. The van der Waals surface area contributed by atoms with Gasteiger partial charge in [-0.15, -0.1) is 0 Å². The molecular formula is C13H18N2O3. The van der Waals surface area contributed by atoms with Crippen molar-refractivity contribution in [1.29, 1.82) is 0 Å². The van der Waals surface area contributed by atoms with Crippen molar-refractivity contribution in [2.45, 2.75) is 25.5 Å². The van der Waals surface area contributed by atoms with Gasteiger partial charge in [0.15, 0.2) is 0 Å². The molecule has 5 nitrogen and oxygen atoms in total. The average molecular weight is 250 g/mol. The van der Waals surface area contributed by atoms with Gasteiger partial charge in [0.2, 0.25) is 0 Å². The maximum Gasteiger partial charge on any atom is 0.354 e. The summed E-state index contributed by atoms with van der Waals surface area (Å²) in [4.78, 5) is 17.0. The van der Waals surface area contributed by atoms with E-state index in [4.69, 9.17) is 5.11 Å². The first-order chi connectivity index (χ1) is 8.54. The summed E-state index contributed by atoms with van der Waals surface area (Å²) in [5, 5.41) is 18.1. The Bertz CT molecular complexity index is 430. The van der Waals surface area contributed by atoms with Crippen molar-refractivity contribution in [2.75, 3.05) is 13.6 Å². The van der Waals surface area contributed by atoms with Crippen LogP contribution in [0.5, 0.6) is 0 Å². The highest BCUT2D eigenvalue weighted by Crippen LogP contribution is 2.27. The van der Waals surface area contributed by atoms with Crippen LogP contribution in [0.15, 0.2) is 18.2 Å². The second-order valence-corrected chi connectivity index (χ2v) is 5.01. The van der Waals surface area contributed by atoms with E-state index in [9.17, 15) is 9.90 Å². The number of aliphatic hydroxyl groups excluding tert-OH is 1. The van der Waals surface area contributed by atoms with Crippen molar-refractivity contribution in [3.05, 3.63) is 29.6 Å². The Balaban J connectivity index is 1.88. The molecule has 1 aliphatic rings. The lowest BCUT2D eigenvalue weighted by molar-refractivity contribution is 0.0272. The minimum atomic E-state index is -0.999. The molecule has 1 aliphatic carbocycles. The van der Waals surface area contributed by atoms with E-state index in [0.717, 1.165) is 25.1 Å². The molecule has 98 valence electrons. The summed E-state index contributed by atoms with van der Waals surface area (Å²) in [6, 6.07) is 5.04. The summed E-state index contributed by atoms with van der Waals surface area (Å²) in [5.74, 6) is -0.450. The normalized spacial score (nSPS) is 22.8. The average Bonchev–Trinajstić information content (AvgIpc) is 2.27. The minimum Gasteiger partial charge on any atom is -0.477 e. The van der Waals surface area contributed by atoms with Gasteiger partial charge in [0.25, 0.3) is 0 Å². The Kier molecular flexibility index (Phi) is 3.93. The second-order valence-electron chi connectivity index (χ2n) is 5.01. The summed E-state index contributed by atoms with van der Waals surface area (Å²) in [7, 11) is 1.99. The van der Waals surface area contributed by atoms with Crippen LogP contribution in [0.4, 0.5) is 0 Å². The van der Waals surface area contributed by atoms with E-state index in [2.05, 4.69) is 9.88 Å². The van der Waals surface area contributed by atoms with Crippen LogP contribution in [0, 0.1) is 5.92 Å². The molecule has 5 heteroatoms. The van der Waals surface area contributed by atoms with Crippen LogP contribution in [0.2, 0.25) is 0 Å². The number of pyridine rings is 1. The Hall–Kier alpha value is -1.46. The van der Waals surface area contributed by atoms with Crippen LogP contribution < -0.4 is 0 Å². The third-order valence-electron chi connectivity index (χ3n) is 3.24. The monoisotopic (exact) mass is 250 g/mol. The molecule has 0 radical (unpaired) electrons. The fraction of sp³-hybridized carbons (Fsp3) is 0.538. The number of aromatic nitrogens is 1. The smallest absolute Gasteiger partial charge is 0.354 e. The summed E-state index contributed by atoms with van der Waals surface area (Å²) < 4.78 is 0. The van der Waals surface area contributed by atoms with Crippen molar-refractivity contribution in [2.24, 2.45) is 5.92 Å².